The molecule has 1 unspecified atom stereocenters. The van der Waals surface area contributed by atoms with Gasteiger partial charge in [0, 0.05) is 13.3 Å². The smallest absolute Gasteiger partial charge is 0.302 e. The summed E-state index contributed by atoms with van der Waals surface area (Å²) in [6.45, 7) is 13.4. The van der Waals surface area contributed by atoms with Crippen molar-refractivity contribution >= 4 is 5.97 Å². The fraction of sp³-hybridized carbons (Fsp3) is 0.897. The van der Waals surface area contributed by atoms with Crippen LogP contribution in [-0.4, -0.2) is 23.3 Å². The maximum Gasteiger partial charge on any atom is 0.302 e. The van der Waals surface area contributed by atoms with E-state index in [2.05, 4.69) is 40.7 Å². The van der Waals surface area contributed by atoms with Gasteiger partial charge in [-0.25, -0.2) is 0 Å². The quantitative estimate of drug-likeness (QED) is 0.357. The lowest BCUT2D eigenvalue weighted by Crippen LogP contribution is -2.51. The Hall–Kier alpha value is -0.830. The molecule has 0 spiro atoms. The summed E-state index contributed by atoms with van der Waals surface area (Å²) in [5.74, 6) is 4.23. The van der Waals surface area contributed by atoms with Gasteiger partial charge in [-0.2, -0.15) is 0 Å². The van der Waals surface area contributed by atoms with Gasteiger partial charge in [-0.3, -0.25) is 4.79 Å². The van der Waals surface area contributed by atoms with Crippen LogP contribution >= 0.6 is 0 Å². The van der Waals surface area contributed by atoms with Gasteiger partial charge in [-0.1, -0.05) is 46.3 Å². The maximum absolute atomic E-state index is 11.5. The zero-order valence-corrected chi connectivity index (χ0v) is 21.5. The Bertz CT molecular complexity index is 726. The zero-order chi connectivity index (χ0) is 23.3. The van der Waals surface area contributed by atoms with Gasteiger partial charge < -0.3 is 9.84 Å². The number of hydrogen-bond donors (Lipinski definition) is 1. The number of ether oxygens (including phenoxy) is 1. The number of aliphatic hydroxyl groups is 1. The lowest BCUT2D eigenvalue weighted by molar-refractivity contribution is -0.148. The van der Waals surface area contributed by atoms with Crippen LogP contribution in [0.4, 0.5) is 0 Å². The first-order valence-electron chi connectivity index (χ1n) is 13.6. The fourth-order valence-electron chi connectivity index (χ4n) is 8.91. The molecule has 0 radical (unpaired) electrons. The molecule has 3 nitrogen and oxygen atoms in total. The molecule has 0 amide bonds. The molecule has 9 atom stereocenters. The number of esters is 1. The van der Waals surface area contributed by atoms with E-state index in [1.807, 2.05) is 0 Å². The van der Waals surface area contributed by atoms with Crippen LogP contribution in [0.15, 0.2) is 11.6 Å². The third kappa shape index (κ3) is 4.21. The second-order valence-electron chi connectivity index (χ2n) is 12.8. The van der Waals surface area contributed by atoms with Crippen molar-refractivity contribution in [3.8, 4) is 0 Å². The van der Waals surface area contributed by atoms with Crippen LogP contribution in [0.2, 0.25) is 0 Å². The van der Waals surface area contributed by atoms with Crippen LogP contribution in [0.3, 0.4) is 0 Å². The third-order valence-corrected chi connectivity index (χ3v) is 10.8. The second-order valence-corrected chi connectivity index (χ2v) is 12.8. The Morgan fingerprint density at radius 1 is 1.09 bits per heavy atom. The molecule has 0 aromatic rings. The molecule has 3 fully saturated rings. The monoisotopic (exact) mass is 444 g/mol. The van der Waals surface area contributed by atoms with E-state index in [0.29, 0.717) is 22.7 Å². The van der Waals surface area contributed by atoms with Crippen LogP contribution in [0, 0.1) is 46.3 Å². The molecule has 3 saturated carbocycles. The standard InChI is InChI=1S/C29H48O3/c1-18(2)27(31)12-7-19(3)24-10-11-25-23-9-8-21-17-22(32-20(4)30)13-15-28(21,5)26(23)14-16-29(24,25)6/h8,18-19,22-27,31H,7,9-17H2,1-6H3/t19-,22-,23+,24-,25+,26+,27?,28+,29-/m1/s1. The summed E-state index contributed by atoms with van der Waals surface area (Å²) in [5.41, 5.74) is 2.37. The lowest BCUT2D eigenvalue weighted by atomic mass is 9.47. The van der Waals surface area contributed by atoms with Gasteiger partial charge in [0.15, 0.2) is 0 Å². The van der Waals surface area contributed by atoms with Gasteiger partial charge in [0.05, 0.1) is 6.10 Å². The van der Waals surface area contributed by atoms with Crippen molar-refractivity contribution < 1.29 is 14.6 Å². The summed E-state index contributed by atoms with van der Waals surface area (Å²) in [6, 6.07) is 0. The number of carbonyl (C=O) groups is 1. The molecule has 4 aliphatic carbocycles. The van der Waals surface area contributed by atoms with Crippen molar-refractivity contribution in [2.45, 2.75) is 118 Å². The van der Waals surface area contributed by atoms with E-state index >= 15 is 0 Å². The minimum Gasteiger partial charge on any atom is -0.462 e. The van der Waals surface area contributed by atoms with E-state index in [-0.39, 0.29) is 18.2 Å². The predicted molar refractivity (Wildman–Crippen MR) is 130 cm³/mol. The van der Waals surface area contributed by atoms with Gasteiger partial charge in [-0.05, 0) is 104 Å². The molecule has 4 rings (SSSR count). The van der Waals surface area contributed by atoms with Crippen LogP contribution in [-0.2, 0) is 9.53 Å². The third-order valence-electron chi connectivity index (χ3n) is 10.8. The first kappa shape index (κ1) is 24.3. The van der Waals surface area contributed by atoms with Gasteiger partial charge in [0.25, 0.3) is 0 Å². The first-order chi connectivity index (χ1) is 15.1. The normalized spacial score (nSPS) is 43.0. The average molecular weight is 445 g/mol. The molecule has 0 heterocycles. The van der Waals surface area contributed by atoms with Gasteiger partial charge in [-0.15, -0.1) is 0 Å². The highest BCUT2D eigenvalue weighted by molar-refractivity contribution is 5.66. The largest absolute Gasteiger partial charge is 0.462 e. The molecular formula is C29H48O3. The molecule has 4 aliphatic rings. The molecule has 0 aliphatic heterocycles. The highest BCUT2D eigenvalue weighted by Gasteiger charge is 2.59. The van der Waals surface area contributed by atoms with Crippen LogP contribution in [0.25, 0.3) is 0 Å². The first-order valence-corrected chi connectivity index (χ1v) is 13.6. The van der Waals surface area contributed by atoms with Crippen molar-refractivity contribution in [2.75, 3.05) is 0 Å². The Morgan fingerprint density at radius 2 is 1.84 bits per heavy atom. The van der Waals surface area contributed by atoms with E-state index in [1.165, 1.54) is 44.9 Å². The van der Waals surface area contributed by atoms with E-state index in [9.17, 15) is 9.90 Å². The van der Waals surface area contributed by atoms with E-state index in [4.69, 9.17) is 4.74 Å². The number of allylic oxidation sites excluding steroid dienone is 1. The predicted octanol–water partition coefficient (Wildman–Crippen LogP) is 6.93. The molecule has 3 heteroatoms. The Labute approximate surface area is 196 Å². The highest BCUT2D eigenvalue weighted by atomic mass is 16.5. The Kier molecular flexibility index (Phi) is 6.90. The molecular weight excluding hydrogens is 396 g/mol. The van der Waals surface area contributed by atoms with E-state index in [1.54, 1.807) is 12.5 Å². The summed E-state index contributed by atoms with van der Waals surface area (Å²) in [6.07, 6.45) is 14.5. The Balaban J connectivity index is 1.46. The summed E-state index contributed by atoms with van der Waals surface area (Å²) < 4.78 is 5.60. The van der Waals surface area contributed by atoms with Gasteiger partial charge in [0.2, 0.25) is 0 Å². The fourth-order valence-corrected chi connectivity index (χ4v) is 8.91. The zero-order valence-electron chi connectivity index (χ0n) is 21.5. The van der Waals surface area contributed by atoms with Crippen LogP contribution in [0.1, 0.15) is 106 Å². The highest BCUT2D eigenvalue weighted by Crippen LogP contribution is 2.67. The van der Waals surface area contributed by atoms with Crippen molar-refractivity contribution in [3.63, 3.8) is 0 Å². The summed E-state index contributed by atoms with van der Waals surface area (Å²) >= 11 is 0. The summed E-state index contributed by atoms with van der Waals surface area (Å²) in [7, 11) is 0. The number of hydrogen-bond acceptors (Lipinski definition) is 3. The molecule has 1 N–H and O–H groups in total. The average Bonchev–Trinajstić information content (AvgIpc) is 3.08. The lowest BCUT2D eigenvalue weighted by Gasteiger charge is -2.58. The van der Waals surface area contributed by atoms with Gasteiger partial charge >= 0.3 is 5.97 Å². The molecule has 0 bridgehead atoms. The van der Waals surface area contributed by atoms with Crippen molar-refractivity contribution in [2.24, 2.45) is 46.3 Å². The van der Waals surface area contributed by atoms with Crippen molar-refractivity contribution in [1.82, 2.24) is 0 Å². The second kappa shape index (κ2) is 9.08. The number of aliphatic hydroxyl groups excluding tert-OH is 1. The van der Waals surface area contributed by atoms with E-state index in [0.717, 1.165) is 42.9 Å². The topological polar surface area (TPSA) is 46.5 Å². The minimum absolute atomic E-state index is 0.0927. The summed E-state index contributed by atoms with van der Waals surface area (Å²) in [5, 5.41) is 10.3. The van der Waals surface area contributed by atoms with Crippen LogP contribution < -0.4 is 0 Å². The molecule has 0 aromatic heterocycles. The Morgan fingerprint density at radius 3 is 2.53 bits per heavy atom. The van der Waals surface area contributed by atoms with Crippen LogP contribution in [0.5, 0.6) is 0 Å². The number of rotatable bonds is 6. The molecule has 182 valence electrons. The van der Waals surface area contributed by atoms with Crippen molar-refractivity contribution in [3.05, 3.63) is 11.6 Å². The number of carbonyl (C=O) groups excluding carboxylic acids is 1. The van der Waals surface area contributed by atoms with Gasteiger partial charge in [0.1, 0.15) is 6.10 Å². The maximum atomic E-state index is 11.5. The minimum atomic E-state index is -0.151. The number of fused-ring (bicyclic) bond motifs is 5. The molecule has 0 saturated heterocycles. The molecule has 0 aromatic carbocycles. The van der Waals surface area contributed by atoms with E-state index < -0.39 is 0 Å². The summed E-state index contributed by atoms with van der Waals surface area (Å²) in [4.78, 5) is 11.5. The SMILES string of the molecule is CC(=O)O[C@@H]1CC[C@@]2(C)C(=CC[C@H]3[C@@H]4CC[C@H]([C@H](C)CCC(O)C(C)C)[C@@]4(C)CC[C@@H]32)C1. The van der Waals surface area contributed by atoms with Crippen molar-refractivity contribution in [1.29, 1.82) is 0 Å². The molecule has 32 heavy (non-hydrogen) atoms.